The molecule has 0 spiro atoms. The van der Waals surface area contributed by atoms with Crippen molar-refractivity contribution in [1.82, 2.24) is 19.7 Å². The van der Waals surface area contributed by atoms with Gasteiger partial charge in [0.15, 0.2) is 10.8 Å². The van der Waals surface area contributed by atoms with Crippen LogP contribution < -0.4 is 0 Å². The molecule has 7 heteroatoms. The highest BCUT2D eigenvalue weighted by Gasteiger charge is 2.15. The summed E-state index contributed by atoms with van der Waals surface area (Å²) in [5.74, 6) is 0. The van der Waals surface area contributed by atoms with Crippen LogP contribution in [0.1, 0.15) is 10.9 Å². The minimum atomic E-state index is -0.180. The van der Waals surface area contributed by atoms with Crippen LogP contribution in [0.5, 0.6) is 0 Å². The highest BCUT2D eigenvalue weighted by Crippen LogP contribution is 2.26. The third kappa shape index (κ3) is 3.00. The first-order valence-electron chi connectivity index (χ1n) is 6.31. The second kappa shape index (κ2) is 6.22. The van der Waals surface area contributed by atoms with Crippen LogP contribution in [0.25, 0.3) is 11.0 Å². The predicted molar refractivity (Wildman–Crippen MR) is 87.2 cm³/mol. The Kier molecular flexibility index (Phi) is 4.33. The molecule has 0 saturated carbocycles. The molecule has 0 bridgehead atoms. The Morgan fingerprint density at radius 2 is 2.00 bits per heavy atom. The molecular formula is C14H12Cl2N4S. The summed E-state index contributed by atoms with van der Waals surface area (Å²) in [4.78, 5) is 8.67. The van der Waals surface area contributed by atoms with Crippen molar-refractivity contribution in [3.05, 3.63) is 47.2 Å². The molecule has 21 heavy (non-hydrogen) atoms. The average molecular weight is 339 g/mol. The molecule has 108 valence electrons. The van der Waals surface area contributed by atoms with Gasteiger partial charge in [-0.25, -0.2) is 14.6 Å². The summed E-state index contributed by atoms with van der Waals surface area (Å²) in [6, 6.07) is 9.90. The van der Waals surface area contributed by atoms with Gasteiger partial charge in [0.05, 0.1) is 23.5 Å². The molecule has 0 aliphatic heterocycles. The topological polar surface area (TPSA) is 43.6 Å². The van der Waals surface area contributed by atoms with Crippen molar-refractivity contribution in [1.29, 1.82) is 0 Å². The molecule has 1 atom stereocenters. The van der Waals surface area contributed by atoms with Crippen molar-refractivity contribution in [2.75, 3.05) is 6.26 Å². The van der Waals surface area contributed by atoms with Crippen molar-refractivity contribution in [3.63, 3.8) is 0 Å². The predicted octanol–water partition coefficient (Wildman–Crippen LogP) is 4.18. The van der Waals surface area contributed by atoms with Gasteiger partial charge in [0.25, 0.3) is 0 Å². The second-order valence-electron chi connectivity index (χ2n) is 4.44. The largest absolute Gasteiger partial charge is 0.245 e. The summed E-state index contributed by atoms with van der Waals surface area (Å²) < 4.78 is 1.77. The second-order valence-corrected chi connectivity index (χ2v) is 6.10. The summed E-state index contributed by atoms with van der Waals surface area (Å²) in [7, 11) is 0. The molecule has 3 aromatic rings. The van der Waals surface area contributed by atoms with Gasteiger partial charge in [0, 0.05) is 0 Å². The zero-order valence-corrected chi connectivity index (χ0v) is 13.5. The number of rotatable bonds is 4. The molecule has 0 fully saturated rings. The van der Waals surface area contributed by atoms with Gasteiger partial charge < -0.3 is 0 Å². The monoisotopic (exact) mass is 338 g/mol. The molecule has 4 nitrogen and oxygen atoms in total. The summed E-state index contributed by atoms with van der Waals surface area (Å²) >= 11 is 14.1. The number of aromatic nitrogens is 4. The minimum absolute atomic E-state index is 0.180. The molecule has 0 amide bonds. The van der Waals surface area contributed by atoms with E-state index in [9.17, 15) is 0 Å². The Bertz CT molecular complexity index is 760. The highest BCUT2D eigenvalue weighted by molar-refractivity contribution is 7.98. The SMILES string of the molecule is CSc1nc(Cl)c2cnn(CC(Cl)c3ccccc3)c2n1. The number of benzene rings is 1. The first kappa shape index (κ1) is 14.6. The maximum atomic E-state index is 6.47. The standard InChI is InChI=1S/C14H12Cl2N4S/c1-21-14-18-12(16)10-7-17-20(13(10)19-14)8-11(15)9-5-3-2-4-6-9/h2-7,11H,8H2,1H3. The van der Waals surface area contributed by atoms with Gasteiger partial charge in [-0.1, -0.05) is 53.7 Å². The van der Waals surface area contributed by atoms with Crippen molar-refractivity contribution in [3.8, 4) is 0 Å². The van der Waals surface area contributed by atoms with Crippen LogP contribution in [-0.2, 0) is 6.54 Å². The van der Waals surface area contributed by atoms with Gasteiger partial charge in [-0.15, -0.1) is 11.6 Å². The summed E-state index contributed by atoms with van der Waals surface area (Å²) in [5.41, 5.74) is 1.76. The maximum absolute atomic E-state index is 6.47. The lowest BCUT2D eigenvalue weighted by Gasteiger charge is -2.10. The van der Waals surface area contributed by atoms with E-state index in [2.05, 4.69) is 15.1 Å². The van der Waals surface area contributed by atoms with Gasteiger partial charge in [-0.05, 0) is 11.8 Å². The van der Waals surface area contributed by atoms with Crippen molar-refractivity contribution in [2.45, 2.75) is 17.1 Å². The van der Waals surface area contributed by atoms with Crippen molar-refractivity contribution in [2.24, 2.45) is 0 Å². The lowest BCUT2D eigenvalue weighted by Crippen LogP contribution is -2.07. The van der Waals surface area contributed by atoms with E-state index in [1.165, 1.54) is 11.8 Å². The van der Waals surface area contributed by atoms with E-state index in [1.54, 1.807) is 10.9 Å². The van der Waals surface area contributed by atoms with Gasteiger partial charge in [-0.3, -0.25) is 0 Å². The van der Waals surface area contributed by atoms with Gasteiger partial charge in [0.2, 0.25) is 0 Å². The number of thioether (sulfide) groups is 1. The van der Waals surface area contributed by atoms with E-state index in [0.29, 0.717) is 22.5 Å². The zero-order chi connectivity index (χ0) is 14.8. The summed E-state index contributed by atoms with van der Waals surface area (Å²) in [5, 5.41) is 5.94. The van der Waals surface area contributed by atoms with Crippen molar-refractivity contribution < 1.29 is 0 Å². The van der Waals surface area contributed by atoms with E-state index in [4.69, 9.17) is 23.2 Å². The number of halogens is 2. The normalized spacial score (nSPS) is 12.7. The maximum Gasteiger partial charge on any atom is 0.190 e. The van der Waals surface area contributed by atoms with E-state index in [0.717, 1.165) is 10.9 Å². The molecule has 0 saturated heterocycles. The Balaban J connectivity index is 1.96. The van der Waals surface area contributed by atoms with Crippen LogP contribution >= 0.6 is 35.0 Å². The van der Waals surface area contributed by atoms with E-state index in [-0.39, 0.29) is 5.38 Å². The molecule has 0 N–H and O–H groups in total. The van der Waals surface area contributed by atoms with Crippen LogP contribution in [0.15, 0.2) is 41.7 Å². The van der Waals surface area contributed by atoms with E-state index in [1.807, 2.05) is 36.6 Å². The fraction of sp³-hybridized carbons (Fsp3) is 0.214. The van der Waals surface area contributed by atoms with Gasteiger partial charge in [-0.2, -0.15) is 5.10 Å². The lowest BCUT2D eigenvalue weighted by molar-refractivity contribution is 0.613. The summed E-state index contributed by atoms with van der Waals surface area (Å²) in [6.07, 6.45) is 3.59. The average Bonchev–Trinajstić information content (AvgIpc) is 2.91. The third-order valence-electron chi connectivity index (χ3n) is 3.11. The van der Waals surface area contributed by atoms with Gasteiger partial charge >= 0.3 is 0 Å². The highest BCUT2D eigenvalue weighted by atomic mass is 35.5. The molecule has 0 aliphatic rings. The van der Waals surface area contributed by atoms with Crippen LogP contribution in [0.3, 0.4) is 0 Å². The van der Waals surface area contributed by atoms with E-state index >= 15 is 0 Å². The number of nitrogens with zero attached hydrogens (tertiary/aromatic N) is 4. The first-order chi connectivity index (χ1) is 10.2. The molecule has 2 heterocycles. The van der Waals surface area contributed by atoms with Crippen molar-refractivity contribution >= 4 is 46.0 Å². The third-order valence-corrected chi connectivity index (χ3v) is 4.33. The van der Waals surface area contributed by atoms with Crippen LogP contribution in [-0.4, -0.2) is 26.0 Å². The van der Waals surface area contributed by atoms with Crippen LogP contribution in [0.2, 0.25) is 5.15 Å². The Morgan fingerprint density at radius 3 is 2.71 bits per heavy atom. The zero-order valence-electron chi connectivity index (χ0n) is 11.2. The molecule has 0 radical (unpaired) electrons. The molecule has 2 aromatic heterocycles. The Hall–Kier alpha value is -1.30. The van der Waals surface area contributed by atoms with E-state index < -0.39 is 0 Å². The number of fused-ring (bicyclic) bond motifs is 1. The lowest BCUT2D eigenvalue weighted by atomic mass is 10.1. The number of hydrogen-bond acceptors (Lipinski definition) is 4. The molecule has 1 aromatic carbocycles. The molecule has 1 unspecified atom stereocenters. The number of hydrogen-bond donors (Lipinski definition) is 0. The minimum Gasteiger partial charge on any atom is -0.245 e. The number of alkyl halides is 1. The van der Waals surface area contributed by atoms with Gasteiger partial charge in [0.1, 0.15) is 5.15 Å². The fourth-order valence-electron chi connectivity index (χ4n) is 2.05. The smallest absolute Gasteiger partial charge is 0.190 e. The Morgan fingerprint density at radius 1 is 1.24 bits per heavy atom. The molecule has 3 rings (SSSR count). The fourth-order valence-corrected chi connectivity index (χ4v) is 2.95. The van der Waals surface area contributed by atoms with Crippen LogP contribution in [0.4, 0.5) is 0 Å². The first-order valence-corrected chi connectivity index (χ1v) is 8.35. The summed E-state index contributed by atoms with van der Waals surface area (Å²) in [6.45, 7) is 0.524. The molecule has 0 aliphatic carbocycles. The quantitative estimate of drug-likeness (QED) is 0.310. The Labute approximate surface area is 136 Å². The molecular weight excluding hydrogens is 327 g/mol. The van der Waals surface area contributed by atoms with Crippen LogP contribution in [0, 0.1) is 0 Å².